The van der Waals surface area contributed by atoms with Crippen molar-refractivity contribution in [1.82, 2.24) is 9.88 Å². The second kappa shape index (κ2) is 9.41. The molecule has 184 valence electrons. The Bertz CT molecular complexity index is 1230. The van der Waals surface area contributed by atoms with E-state index in [1.165, 1.54) is 22.3 Å². The van der Waals surface area contributed by atoms with Crippen LogP contribution in [0.15, 0.2) is 66.9 Å². The van der Waals surface area contributed by atoms with Gasteiger partial charge in [0.25, 0.3) is 0 Å². The fourth-order valence-corrected chi connectivity index (χ4v) is 6.42. The van der Waals surface area contributed by atoms with Crippen molar-refractivity contribution in [2.75, 3.05) is 13.7 Å². The van der Waals surface area contributed by atoms with Crippen molar-refractivity contribution in [3.63, 3.8) is 0 Å². The third kappa shape index (κ3) is 3.94. The number of hydrogen-bond donors (Lipinski definition) is 0. The van der Waals surface area contributed by atoms with E-state index in [9.17, 15) is 9.59 Å². The molecule has 2 unspecified atom stereocenters. The molecule has 3 aliphatic rings. The van der Waals surface area contributed by atoms with Gasteiger partial charge in [0, 0.05) is 23.9 Å². The second-order valence-electron chi connectivity index (χ2n) is 10.1. The Morgan fingerprint density at radius 1 is 0.917 bits per heavy atom. The molecule has 0 N–H and O–H groups in total. The third-order valence-corrected chi connectivity index (χ3v) is 8.12. The predicted octanol–water partition coefficient (Wildman–Crippen LogP) is 5.86. The van der Waals surface area contributed by atoms with Crippen molar-refractivity contribution in [3.05, 3.63) is 83.7 Å². The Morgan fingerprint density at radius 2 is 1.56 bits per heavy atom. The Balaban J connectivity index is 1.15. The molecule has 2 bridgehead atoms. The Hall–Kier alpha value is -3.67. The molecule has 6 heteroatoms. The number of ketones is 1. The average molecular weight is 483 g/mol. The summed E-state index contributed by atoms with van der Waals surface area (Å²) in [4.78, 5) is 32.8. The number of piperidine rings is 2. The topological polar surface area (TPSA) is 68.7 Å². The first-order valence-electron chi connectivity index (χ1n) is 12.8. The smallest absolute Gasteiger partial charge is 0.410 e. The lowest BCUT2D eigenvalue weighted by Gasteiger charge is -2.47. The fraction of sp³-hybridized carbons (Fsp3) is 0.367. The number of hydrogen-bond acceptors (Lipinski definition) is 5. The van der Waals surface area contributed by atoms with Crippen LogP contribution in [0.2, 0.25) is 0 Å². The first-order valence-corrected chi connectivity index (χ1v) is 12.8. The molecule has 1 amide bonds. The highest BCUT2D eigenvalue weighted by Crippen LogP contribution is 2.45. The van der Waals surface area contributed by atoms with Gasteiger partial charge in [-0.15, -0.1) is 0 Å². The van der Waals surface area contributed by atoms with Crippen molar-refractivity contribution < 1.29 is 19.1 Å². The average Bonchev–Trinajstić information content (AvgIpc) is 3.24. The number of ether oxygens (including phenoxy) is 2. The van der Waals surface area contributed by atoms with Gasteiger partial charge < -0.3 is 14.4 Å². The summed E-state index contributed by atoms with van der Waals surface area (Å²) in [5.74, 6) is 0.607. The van der Waals surface area contributed by atoms with E-state index < -0.39 is 0 Å². The highest BCUT2D eigenvalue weighted by Gasteiger charge is 2.44. The van der Waals surface area contributed by atoms with Gasteiger partial charge in [-0.25, -0.2) is 9.78 Å². The van der Waals surface area contributed by atoms with Crippen molar-refractivity contribution in [1.29, 1.82) is 0 Å². The summed E-state index contributed by atoms with van der Waals surface area (Å²) < 4.78 is 11.2. The normalized spacial score (nSPS) is 22.5. The standard InChI is InChI=1S/C30H30N2O4/c1-35-22-13-14-28(31-17-22)29(33)19-15-20-7-6-8-21(16-19)32(20)30(34)36-18-27-25-11-4-2-9-23(25)24-10-3-5-12-26(24)27/h2-5,9-14,17,19-21,27H,6-8,15-16,18H2,1H3. The van der Waals surface area contributed by atoms with Crippen LogP contribution in [-0.2, 0) is 4.74 Å². The van der Waals surface area contributed by atoms with Crippen LogP contribution >= 0.6 is 0 Å². The predicted molar refractivity (Wildman–Crippen MR) is 136 cm³/mol. The minimum Gasteiger partial charge on any atom is -0.495 e. The van der Waals surface area contributed by atoms with E-state index in [1.54, 1.807) is 25.4 Å². The van der Waals surface area contributed by atoms with E-state index in [0.717, 1.165) is 19.3 Å². The van der Waals surface area contributed by atoms with E-state index >= 15 is 0 Å². The minimum absolute atomic E-state index is 0.0281. The van der Waals surface area contributed by atoms with Gasteiger partial charge in [-0.1, -0.05) is 48.5 Å². The maximum atomic E-state index is 13.4. The number of rotatable bonds is 5. The van der Waals surface area contributed by atoms with Crippen LogP contribution in [0.1, 0.15) is 59.6 Å². The first kappa shape index (κ1) is 22.8. The zero-order chi connectivity index (χ0) is 24.6. The molecule has 3 heterocycles. The van der Waals surface area contributed by atoms with E-state index in [2.05, 4.69) is 41.4 Å². The molecule has 0 spiro atoms. The van der Waals surface area contributed by atoms with Gasteiger partial charge in [-0.05, 0) is 66.5 Å². The van der Waals surface area contributed by atoms with Crippen LogP contribution < -0.4 is 4.74 Å². The van der Waals surface area contributed by atoms with Gasteiger partial charge in [0.2, 0.25) is 0 Å². The fourth-order valence-electron chi connectivity index (χ4n) is 6.42. The summed E-state index contributed by atoms with van der Waals surface area (Å²) in [5.41, 5.74) is 5.33. The molecule has 2 saturated heterocycles. The number of pyridine rings is 1. The van der Waals surface area contributed by atoms with Crippen LogP contribution in [0.25, 0.3) is 11.1 Å². The molecule has 6 nitrogen and oxygen atoms in total. The van der Waals surface area contributed by atoms with Crippen molar-refractivity contribution in [2.24, 2.45) is 5.92 Å². The Morgan fingerprint density at radius 3 is 2.14 bits per heavy atom. The number of benzene rings is 2. The molecule has 2 fully saturated rings. The van der Waals surface area contributed by atoms with Crippen LogP contribution in [0.3, 0.4) is 0 Å². The first-order chi connectivity index (χ1) is 17.6. The van der Waals surface area contributed by atoms with Crippen molar-refractivity contribution in [2.45, 2.75) is 50.1 Å². The number of amides is 1. The summed E-state index contributed by atoms with van der Waals surface area (Å²) in [6.07, 6.45) is 5.53. The summed E-state index contributed by atoms with van der Waals surface area (Å²) >= 11 is 0. The molecule has 6 rings (SSSR count). The maximum Gasteiger partial charge on any atom is 0.410 e. The lowest BCUT2D eigenvalue weighted by atomic mass is 9.76. The van der Waals surface area contributed by atoms with E-state index in [1.807, 2.05) is 17.0 Å². The minimum atomic E-state index is -0.250. The summed E-state index contributed by atoms with van der Waals surface area (Å²) in [5, 5.41) is 0. The molecule has 36 heavy (non-hydrogen) atoms. The zero-order valence-electron chi connectivity index (χ0n) is 20.4. The summed E-state index contributed by atoms with van der Waals surface area (Å²) in [6, 6.07) is 20.3. The molecule has 1 aromatic heterocycles. The number of fused-ring (bicyclic) bond motifs is 5. The highest BCUT2D eigenvalue weighted by molar-refractivity contribution is 5.96. The van der Waals surface area contributed by atoms with E-state index in [-0.39, 0.29) is 35.8 Å². The molecule has 2 aromatic carbocycles. The van der Waals surface area contributed by atoms with Crippen LogP contribution in [0.4, 0.5) is 4.79 Å². The number of Topliss-reactive ketones (excluding diaryl/α,β-unsaturated/α-hetero) is 1. The second-order valence-corrected chi connectivity index (χ2v) is 10.1. The number of nitrogens with zero attached hydrogens (tertiary/aromatic N) is 2. The van der Waals surface area contributed by atoms with Crippen LogP contribution in [-0.4, -0.2) is 47.6 Å². The maximum absolute atomic E-state index is 13.4. The number of carbonyl (C=O) groups excluding carboxylic acids is 2. The zero-order valence-corrected chi connectivity index (χ0v) is 20.4. The molecule has 1 aliphatic carbocycles. The SMILES string of the molecule is COc1ccc(C(=O)C2CC3CCCC(C2)N3C(=O)OCC2c3ccccc3-c3ccccc32)nc1. The van der Waals surface area contributed by atoms with Gasteiger partial charge >= 0.3 is 6.09 Å². The van der Waals surface area contributed by atoms with Gasteiger partial charge in [-0.3, -0.25) is 4.79 Å². The number of aromatic nitrogens is 1. The van der Waals surface area contributed by atoms with E-state index in [0.29, 0.717) is 30.9 Å². The van der Waals surface area contributed by atoms with Gasteiger partial charge in [0.1, 0.15) is 18.1 Å². The highest BCUT2D eigenvalue weighted by atomic mass is 16.6. The lowest BCUT2D eigenvalue weighted by Crippen LogP contribution is -2.56. The molecule has 3 aromatic rings. The molecule has 0 saturated carbocycles. The number of methoxy groups -OCH3 is 1. The monoisotopic (exact) mass is 482 g/mol. The van der Waals surface area contributed by atoms with Crippen molar-refractivity contribution >= 4 is 11.9 Å². The summed E-state index contributed by atoms with van der Waals surface area (Å²) in [7, 11) is 1.58. The third-order valence-electron chi connectivity index (χ3n) is 8.12. The van der Waals surface area contributed by atoms with Crippen LogP contribution in [0.5, 0.6) is 5.75 Å². The molecule has 2 atom stereocenters. The van der Waals surface area contributed by atoms with Gasteiger partial charge in [0.15, 0.2) is 5.78 Å². The van der Waals surface area contributed by atoms with Crippen LogP contribution in [0, 0.1) is 5.92 Å². The molecular weight excluding hydrogens is 452 g/mol. The molecule has 2 aliphatic heterocycles. The Labute approximate surface area is 211 Å². The quantitative estimate of drug-likeness (QED) is 0.427. The van der Waals surface area contributed by atoms with E-state index in [4.69, 9.17) is 9.47 Å². The largest absolute Gasteiger partial charge is 0.495 e. The van der Waals surface area contributed by atoms with Gasteiger partial charge in [0.05, 0.1) is 13.3 Å². The van der Waals surface area contributed by atoms with Gasteiger partial charge in [-0.2, -0.15) is 0 Å². The molecular formula is C30H30N2O4. The summed E-state index contributed by atoms with van der Waals surface area (Å²) in [6.45, 7) is 0.320. The molecule has 0 radical (unpaired) electrons. The Kier molecular flexibility index (Phi) is 5.96. The lowest BCUT2D eigenvalue weighted by molar-refractivity contribution is 0.00641. The van der Waals surface area contributed by atoms with Crippen molar-refractivity contribution in [3.8, 4) is 16.9 Å². The number of carbonyl (C=O) groups is 2.